The number of ether oxygens (including phenoxy) is 1. The Balaban J connectivity index is 3.20. The molecule has 0 spiro atoms. The third-order valence-corrected chi connectivity index (χ3v) is 0.759. The van der Waals surface area contributed by atoms with Crippen LogP contribution in [0.3, 0.4) is 0 Å². The molecule has 0 bridgehead atoms. The van der Waals surface area contributed by atoms with E-state index in [0.29, 0.717) is 6.42 Å². The molecular formula is C7H9NO2. The number of allylic oxidation sites excluding steroid dienone is 1. The van der Waals surface area contributed by atoms with Crippen LogP contribution in [0.15, 0.2) is 12.2 Å². The van der Waals surface area contributed by atoms with E-state index in [1.165, 1.54) is 6.92 Å². The average Bonchev–Trinajstić information content (AvgIpc) is 1.87. The van der Waals surface area contributed by atoms with Gasteiger partial charge in [0.15, 0.2) is 0 Å². The zero-order chi connectivity index (χ0) is 7.82. The predicted octanol–water partition coefficient (Wildman–Crippen LogP) is 1.02. The van der Waals surface area contributed by atoms with Gasteiger partial charge in [-0.1, -0.05) is 12.2 Å². The van der Waals surface area contributed by atoms with Crippen LogP contribution in [0, 0.1) is 11.3 Å². The molecule has 0 aliphatic carbocycles. The molecular weight excluding hydrogens is 130 g/mol. The Morgan fingerprint density at radius 1 is 1.70 bits per heavy atom. The van der Waals surface area contributed by atoms with Crippen molar-refractivity contribution in [1.82, 2.24) is 0 Å². The monoisotopic (exact) mass is 139 g/mol. The molecule has 0 fully saturated rings. The number of esters is 1. The normalized spacial score (nSPS) is 9.20. The molecule has 3 heteroatoms. The maximum atomic E-state index is 10.2. The highest BCUT2D eigenvalue weighted by Crippen LogP contribution is 1.81. The fourth-order valence-corrected chi connectivity index (χ4v) is 0.370. The van der Waals surface area contributed by atoms with Gasteiger partial charge in [-0.15, -0.1) is 0 Å². The molecule has 3 nitrogen and oxygen atoms in total. The maximum Gasteiger partial charge on any atom is 0.302 e. The predicted molar refractivity (Wildman–Crippen MR) is 36.0 cm³/mol. The van der Waals surface area contributed by atoms with Crippen LogP contribution >= 0.6 is 0 Å². The zero-order valence-corrected chi connectivity index (χ0v) is 5.83. The van der Waals surface area contributed by atoms with E-state index in [2.05, 4.69) is 4.74 Å². The molecule has 0 aromatic heterocycles. The first-order valence-electron chi connectivity index (χ1n) is 2.92. The molecule has 54 valence electrons. The lowest BCUT2D eigenvalue weighted by Crippen LogP contribution is -1.97. The SMILES string of the molecule is CC(=O)OC/C=C/CC#N. The van der Waals surface area contributed by atoms with Crippen LogP contribution in [0.2, 0.25) is 0 Å². The van der Waals surface area contributed by atoms with Crippen molar-refractivity contribution in [1.29, 1.82) is 5.26 Å². The van der Waals surface area contributed by atoms with Crippen LogP contribution in [-0.2, 0) is 9.53 Å². The van der Waals surface area contributed by atoms with Gasteiger partial charge in [0.2, 0.25) is 0 Å². The summed E-state index contributed by atoms with van der Waals surface area (Å²) in [5.41, 5.74) is 0. The van der Waals surface area contributed by atoms with Crippen molar-refractivity contribution >= 4 is 5.97 Å². The van der Waals surface area contributed by atoms with E-state index in [-0.39, 0.29) is 12.6 Å². The number of nitriles is 1. The zero-order valence-electron chi connectivity index (χ0n) is 5.83. The molecule has 0 aromatic rings. The minimum Gasteiger partial charge on any atom is -0.462 e. The van der Waals surface area contributed by atoms with Crippen molar-refractivity contribution in [2.45, 2.75) is 13.3 Å². The molecule has 0 amide bonds. The van der Waals surface area contributed by atoms with Gasteiger partial charge in [-0.05, 0) is 0 Å². The van der Waals surface area contributed by atoms with Gasteiger partial charge in [0.25, 0.3) is 0 Å². The summed E-state index contributed by atoms with van der Waals surface area (Å²) in [7, 11) is 0. The van der Waals surface area contributed by atoms with Crippen LogP contribution in [0.5, 0.6) is 0 Å². The molecule has 0 heterocycles. The largest absolute Gasteiger partial charge is 0.462 e. The van der Waals surface area contributed by atoms with E-state index in [1.54, 1.807) is 12.2 Å². The minimum atomic E-state index is -0.304. The van der Waals surface area contributed by atoms with Crippen LogP contribution in [0.1, 0.15) is 13.3 Å². The second-order valence-electron chi connectivity index (χ2n) is 1.64. The lowest BCUT2D eigenvalue weighted by Gasteiger charge is -1.92. The van der Waals surface area contributed by atoms with Crippen molar-refractivity contribution in [3.8, 4) is 6.07 Å². The Morgan fingerprint density at radius 2 is 2.40 bits per heavy atom. The van der Waals surface area contributed by atoms with Crippen LogP contribution < -0.4 is 0 Å². The lowest BCUT2D eigenvalue weighted by molar-refractivity contribution is -0.139. The quantitative estimate of drug-likeness (QED) is 0.433. The summed E-state index contributed by atoms with van der Waals surface area (Å²) in [5.74, 6) is -0.304. The number of rotatable bonds is 3. The highest BCUT2D eigenvalue weighted by molar-refractivity contribution is 5.65. The first-order valence-corrected chi connectivity index (χ1v) is 2.92. The van der Waals surface area contributed by atoms with Crippen molar-refractivity contribution in [3.63, 3.8) is 0 Å². The molecule has 0 aromatic carbocycles. The van der Waals surface area contributed by atoms with E-state index in [4.69, 9.17) is 5.26 Å². The molecule has 0 N–H and O–H groups in total. The first kappa shape index (κ1) is 8.70. The van der Waals surface area contributed by atoms with Crippen LogP contribution in [0.25, 0.3) is 0 Å². The van der Waals surface area contributed by atoms with Gasteiger partial charge in [0, 0.05) is 6.92 Å². The highest BCUT2D eigenvalue weighted by atomic mass is 16.5. The van der Waals surface area contributed by atoms with Crippen molar-refractivity contribution in [2.75, 3.05) is 6.61 Å². The number of carbonyl (C=O) groups excluding carboxylic acids is 1. The molecule has 0 rings (SSSR count). The Morgan fingerprint density at radius 3 is 2.90 bits per heavy atom. The number of hydrogen-bond acceptors (Lipinski definition) is 3. The van der Waals surface area contributed by atoms with E-state index in [1.807, 2.05) is 6.07 Å². The number of nitrogens with zero attached hydrogens (tertiary/aromatic N) is 1. The smallest absolute Gasteiger partial charge is 0.302 e. The van der Waals surface area contributed by atoms with Gasteiger partial charge >= 0.3 is 5.97 Å². The van der Waals surface area contributed by atoms with Gasteiger partial charge in [0.1, 0.15) is 6.61 Å². The van der Waals surface area contributed by atoms with Crippen molar-refractivity contribution in [3.05, 3.63) is 12.2 Å². The van der Waals surface area contributed by atoms with Gasteiger partial charge in [-0.3, -0.25) is 4.79 Å². The molecule has 0 aliphatic rings. The Bertz CT molecular complexity index is 167. The first-order chi connectivity index (χ1) is 4.77. The van der Waals surface area contributed by atoms with E-state index < -0.39 is 0 Å². The van der Waals surface area contributed by atoms with E-state index in [0.717, 1.165) is 0 Å². The molecule has 0 saturated carbocycles. The van der Waals surface area contributed by atoms with Crippen molar-refractivity contribution < 1.29 is 9.53 Å². The number of carbonyl (C=O) groups is 1. The highest BCUT2D eigenvalue weighted by Gasteiger charge is 1.85. The third kappa shape index (κ3) is 6.70. The molecule has 10 heavy (non-hydrogen) atoms. The standard InChI is InChI=1S/C7H9NO2/c1-7(9)10-6-4-2-3-5-8/h2,4H,3,6H2,1H3/b4-2+. The Kier molecular flexibility index (Phi) is 5.07. The second kappa shape index (κ2) is 5.83. The fourth-order valence-electron chi connectivity index (χ4n) is 0.370. The van der Waals surface area contributed by atoms with Gasteiger partial charge < -0.3 is 4.74 Å². The Hall–Kier alpha value is -1.30. The summed E-state index contributed by atoms with van der Waals surface area (Å²) < 4.78 is 4.55. The maximum absolute atomic E-state index is 10.2. The summed E-state index contributed by atoms with van der Waals surface area (Å²) in [5, 5.41) is 8.07. The van der Waals surface area contributed by atoms with Crippen LogP contribution in [-0.4, -0.2) is 12.6 Å². The van der Waals surface area contributed by atoms with Gasteiger partial charge in [-0.2, -0.15) is 5.26 Å². The fraction of sp³-hybridized carbons (Fsp3) is 0.429. The summed E-state index contributed by atoms with van der Waals surface area (Å²) >= 11 is 0. The van der Waals surface area contributed by atoms with Crippen molar-refractivity contribution in [2.24, 2.45) is 0 Å². The molecule has 0 atom stereocenters. The Labute approximate surface area is 59.9 Å². The second-order valence-corrected chi connectivity index (χ2v) is 1.64. The van der Waals surface area contributed by atoms with Crippen LogP contribution in [0.4, 0.5) is 0 Å². The summed E-state index contributed by atoms with van der Waals surface area (Å²) in [6.45, 7) is 1.61. The van der Waals surface area contributed by atoms with Gasteiger partial charge in [0.05, 0.1) is 12.5 Å². The molecule has 0 aliphatic heterocycles. The molecule has 0 radical (unpaired) electrons. The third-order valence-electron chi connectivity index (χ3n) is 0.759. The number of hydrogen-bond donors (Lipinski definition) is 0. The van der Waals surface area contributed by atoms with Gasteiger partial charge in [-0.25, -0.2) is 0 Å². The minimum absolute atomic E-state index is 0.261. The molecule has 0 unspecified atom stereocenters. The average molecular weight is 139 g/mol. The topological polar surface area (TPSA) is 50.1 Å². The summed E-state index contributed by atoms with van der Waals surface area (Å²) in [4.78, 5) is 10.2. The van der Waals surface area contributed by atoms with E-state index in [9.17, 15) is 4.79 Å². The summed E-state index contributed by atoms with van der Waals surface area (Å²) in [6.07, 6.45) is 3.66. The lowest BCUT2D eigenvalue weighted by atomic mass is 10.4. The van der Waals surface area contributed by atoms with E-state index >= 15 is 0 Å². The summed E-state index contributed by atoms with van der Waals surface area (Å²) in [6, 6.07) is 1.93. The molecule has 0 saturated heterocycles.